The van der Waals surface area contributed by atoms with Crippen molar-refractivity contribution in [3.05, 3.63) is 48.3 Å². The van der Waals surface area contributed by atoms with Gasteiger partial charge < -0.3 is 19.4 Å². The number of rotatable bonds is 4. The highest BCUT2D eigenvalue weighted by Gasteiger charge is 2.27. The van der Waals surface area contributed by atoms with Gasteiger partial charge in [0, 0.05) is 30.6 Å². The molecular formula is C20H21N3O3. The summed E-state index contributed by atoms with van der Waals surface area (Å²) in [5.41, 5.74) is 2.83. The minimum Gasteiger partial charge on any atom is -0.493 e. The average Bonchev–Trinajstić information content (AvgIpc) is 3.05. The highest BCUT2D eigenvalue weighted by atomic mass is 16.5. The van der Waals surface area contributed by atoms with Crippen molar-refractivity contribution >= 4 is 22.6 Å². The zero-order valence-electron chi connectivity index (χ0n) is 14.9. The molecule has 134 valence electrons. The number of anilines is 1. The smallest absolute Gasteiger partial charge is 0.228 e. The van der Waals surface area contributed by atoms with Gasteiger partial charge in [-0.25, -0.2) is 4.98 Å². The van der Waals surface area contributed by atoms with Crippen LogP contribution in [0, 0.1) is 5.92 Å². The van der Waals surface area contributed by atoms with E-state index in [1.165, 1.54) is 0 Å². The Morgan fingerprint density at radius 3 is 2.77 bits per heavy atom. The number of methoxy groups -OCH3 is 2. The third-order valence-electron chi connectivity index (χ3n) is 4.89. The molecule has 0 bridgehead atoms. The Morgan fingerprint density at radius 2 is 1.96 bits per heavy atom. The van der Waals surface area contributed by atoms with Crippen LogP contribution >= 0.6 is 0 Å². The highest BCUT2D eigenvalue weighted by Crippen LogP contribution is 2.31. The molecule has 2 heterocycles. The number of para-hydroxylation sites is 2. The molecule has 6 nitrogen and oxygen atoms in total. The maximum Gasteiger partial charge on any atom is 0.228 e. The lowest BCUT2D eigenvalue weighted by atomic mass is 9.96. The van der Waals surface area contributed by atoms with E-state index < -0.39 is 0 Å². The molecule has 2 aromatic carbocycles. The zero-order chi connectivity index (χ0) is 18.1. The molecule has 26 heavy (non-hydrogen) atoms. The largest absolute Gasteiger partial charge is 0.493 e. The molecule has 0 fully saturated rings. The summed E-state index contributed by atoms with van der Waals surface area (Å²) < 4.78 is 12.7. The predicted molar refractivity (Wildman–Crippen MR) is 99.7 cm³/mol. The van der Waals surface area contributed by atoms with Crippen LogP contribution in [-0.2, 0) is 17.8 Å². The summed E-state index contributed by atoms with van der Waals surface area (Å²) in [6.07, 6.45) is 1.44. The van der Waals surface area contributed by atoms with E-state index in [0.29, 0.717) is 23.6 Å². The number of nitrogens with zero attached hydrogens (tertiary/aromatic N) is 2. The minimum atomic E-state index is -0.0904. The van der Waals surface area contributed by atoms with E-state index in [4.69, 9.17) is 9.47 Å². The van der Waals surface area contributed by atoms with E-state index in [-0.39, 0.29) is 11.8 Å². The van der Waals surface area contributed by atoms with Gasteiger partial charge in [-0.05, 0) is 30.7 Å². The van der Waals surface area contributed by atoms with Gasteiger partial charge >= 0.3 is 0 Å². The van der Waals surface area contributed by atoms with Crippen LogP contribution in [0.1, 0.15) is 12.2 Å². The Balaban J connectivity index is 1.51. The standard InChI is InChI=1S/C20H21N3O3/c1-25-17-8-7-14(12-18(17)26-2)21-20(24)13-9-10-23-16-6-4-3-5-15(16)22-19(23)11-13/h3-8,12-13H,9-11H2,1-2H3,(H,21,24). The van der Waals surface area contributed by atoms with Crippen LogP contribution in [0.5, 0.6) is 11.5 Å². The number of hydrogen-bond acceptors (Lipinski definition) is 4. The monoisotopic (exact) mass is 351 g/mol. The second-order valence-electron chi connectivity index (χ2n) is 6.42. The van der Waals surface area contributed by atoms with Gasteiger partial charge in [-0.2, -0.15) is 0 Å². The molecule has 1 atom stereocenters. The van der Waals surface area contributed by atoms with Crippen molar-refractivity contribution in [2.45, 2.75) is 19.4 Å². The molecule has 4 rings (SSSR count). The summed E-state index contributed by atoms with van der Waals surface area (Å²) in [6, 6.07) is 13.5. The molecule has 1 unspecified atom stereocenters. The normalized spacial score (nSPS) is 16.2. The summed E-state index contributed by atoms with van der Waals surface area (Å²) in [5.74, 6) is 2.13. The molecule has 0 saturated heterocycles. The molecule has 1 amide bonds. The fourth-order valence-electron chi connectivity index (χ4n) is 3.52. The van der Waals surface area contributed by atoms with Crippen molar-refractivity contribution in [1.82, 2.24) is 9.55 Å². The van der Waals surface area contributed by atoms with E-state index in [1.54, 1.807) is 26.4 Å². The molecule has 0 saturated carbocycles. The van der Waals surface area contributed by atoms with Crippen molar-refractivity contribution < 1.29 is 14.3 Å². The van der Waals surface area contributed by atoms with Gasteiger partial charge in [-0.1, -0.05) is 12.1 Å². The number of amides is 1. The van der Waals surface area contributed by atoms with Gasteiger partial charge in [0.25, 0.3) is 0 Å². The summed E-state index contributed by atoms with van der Waals surface area (Å²) in [7, 11) is 3.17. The van der Waals surface area contributed by atoms with Gasteiger partial charge in [0.15, 0.2) is 11.5 Å². The van der Waals surface area contributed by atoms with E-state index in [1.807, 2.05) is 24.3 Å². The second kappa shape index (κ2) is 6.71. The quantitative estimate of drug-likeness (QED) is 0.784. The van der Waals surface area contributed by atoms with Gasteiger partial charge in [-0.15, -0.1) is 0 Å². The number of aromatic nitrogens is 2. The van der Waals surface area contributed by atoms with Crippen LogP contribution in [0.2, 0.25) is 0 Å². The lowest BCUT2D eigenvalue weighted by molar-refractivity contribution is -0.120. The molecule has 3 aromatic rings. The number of carbonyl (C=O) groups excluding carboxylic acids is 1. The molecule has 0 aliphatic carbocycles. The van der Waals surface area contributed by atoms with Gasteiger partial charge in [0.05, 0.1) is 25.3 Å². The minimum absolute atomic E-state index is 0.00975. The summed E-state index contributed by atoms with van der Waals surface area (Å²) in [4.78, 5) is 17.4. The molecule has 6 heteroatoms. The molecule has 1 aromatic heterocycles. The van der Waals surface area contributed by atoms with Crippen molar-refractivity contribution in [3.63, 3.8) is 0 Å². The maximum atomic E-state index is 12.7. The Labute approximate surface area is 151 Å². The van der Waals surface area contributed by atoms with Crippen molar-refractivity contribution in [2.24, 2.45) is 5.92 Å². The first-order valence-corrected chi connectivity index (χ1v) is 8.66. The van der Waals surface area contributed by atoms with Crippen LogP contribution in [0.25, 0.3) is 11.0 Å². The third-order valence-corrected chi connectivity index (χ3v) is 4.89. The predicted octanol–water partition coefficient (Wildman–Crippen LogP) is 3.25. The summed E-state index contributed by atoms with van der Waals surface area (Å²) >= 11 is 0. The highest BCUT2D eigenvalue weighted by molar-refractivity contribution is 5.93. The zero-order valence-corrected chi connectivity index (χ0v) is 14.9. The fraction of sp³-hybridized carbons (Fsp3) is 0.300. The van der Waals surface area contributed by atoms with Gasteiger partial charge in [0.1, 0.15) is 5.82 Å². The lowest BCUT2D eigenvalue weighted by Gasteiger charge is -2.23. The van der Waals surface area contributed by atoms with E-state index in [9.17, 15) is 4.79 Å². The number of ether oxygens (including phenoxy) is 2. The van der Waals surface area contributed by atoms with Crippen LogP contribution in [0.4, 0.5) is 5.69 Å². The Morgan fingerprint density at radius 1 is 1.15 bits per heavy atom. The lowest BCUT2D eigenvalue weighted by Crippen LogP contribution is -2.30. The van der Waals surface area contributed by atoms with Crippen molar-refractivity contribution in [3.8, 4) is 11.5 Å². The number of benzene rings is 2. The van der Waals surface area contributed by atoms with Crippen LogP contribution < -0.4 is 14.8 Å². The first kappa shape index (κ1) is 16.4. The van der Waals surface area contributed by atoms with Crippen molar-refractivity contribution in [2.75, 3.05) is 19.5 Å². The Hall–Kier alpha value is -3.02. The summed E-state index contributed by atoms with van der Waals surface area (Å²) in [5, 5.41) is 2.99. The number of nitrogens with one attached hydrogen (secondary N) is 1. The number of aryl methyl sites for hydroxylation is 1. The Bertz CT molecular complexity index is 964. The average molecular weight is 351 g/mol. The topological polar surface area (TPSA) is 65.4 Å². The molecule has 1 N–H and O–H groups in total. The van der Waals surface area contributed by atoms with E-state index >= 15 is 0 Å². The van der Waals surface area contributed by atoms with Crippen LogP contribution in [-0.4, -0.2) is 29.7 Å². The fourth-order valence-corrected chi connectivity index (χ4v) is 3.52. The third kappa shape index (κ3) is 2.87. The van der Waals surface area contributed by atoms with Crippen LogP contribution in [0.3, 0.4) is 0 Å². The number of hydrogen-bond donors (Lipinski definition) is 1. The number of carbonyl (C=O) groups is 1. The molecule has 1 aliphatic heterocycles. The molecule has 0 spiro atoms. The van der Waals surface area contributed by atoms with Crippen molar-refractivity contribution in [1.29, 1.82) is 0 Å². The van der Waals surface area contributed by atoms with Crippen LogP contribution in [0.15, 0.2) is 42.5 Å². The second-order valence-corrected chi connectivity index (χ2v) is 6.42. The Kier molecular flexibility index (Phi) is 4.24. The van der Waals surface area contributed by atoms with E-state index in [0.717, 1.165) is 29.8 Å². The first-order valence-electron chi connectivity index (χ1n) is 8.66. The molecule has 0 radical (unpaired) electrons. The summed E-state index contributed by atoms with van der Waals surface area (Å²) in [6.45, 7) is 0.805. The van der Waals surface area contributed by atoms with E-state index in [2.05, 4.69) is 20.9 Å². The molecule has 1 aliphatic rings. The maximum absolute atomic E-state index is 12.7. The van der Waals surface area contributed by atoms with Gasteiger partial charge in [-0.3, -0.25) is 4.79 Å². The molecular weight excluding hydrogens is 330 g/mol. The number of imidazole rings is 1. The number of fused-ring (bicyclic) bond motifs is 3. The van der Waals surface area contributed by atoms with Gasteiger partial charge in [0.2, 0.25) is 5.91 Å². The first-order chi connectivity index (χ1) is 12.7. The SMILES string of the molecule is COc1ccc(NC(=O)C2CCn3c(nc4ccccc43)C2)cc1OC.